The van der Waals surface area contributed by atoms with Crippen LogP contribution in [0, 0.1) is 0 Å². The molecule has 0 aliphatic rings. The molecular weight excluding hydrogens is 663 g/mol. The maximum Gasteiger partial charge on any atom is 0.137 e. The van der Waals surface area contributed by atoms with Gasteiger partial charge in [-0.25, -0.2) is 0 Å². The standard InChI is InChI=1S/C50H31NOS/c1-2-13-36-34(12-1)30-43(38-15-4-3-14-37(36)38)39-16-5-8-19-44(39)51(45-20-11-22-47-50(45)42-18-6-9-21-46(42)52-47)35-27-24-32(25-28-35)33-26-29-41-40-17-7-10-23-48(40)53-49(41)31-33/h1-31H. The van der Waals surface area contributed by atoms with Gasteiger partial charge in [0.15, 0.2) is 0 Å². The Morgan fingerprint density at radius 2 is 1.02 bits per heavy atom. The Hall–Kier alpha value is -6.68. The van der Waals surface area contributed by atoms with Crippen molar-refractivity contribution in [3.05, 3.63) is 188 Å². The van der Waals surface area contributed by atoms with Gasteiger partial charge in [0.25, 0.3) is 0 Å². The summed E-state index contributed by atoms with van der Waals surface area (Å²) >= 11 is 1.86. The lowest BCUT2D eigenvalue weighted by atomic mass is 9.92. The number of hydrogen-bond acceptors (Lipinski definition) is 3. The van der Waals surface area contributed by atoms with Crippen LogP contribution in [0.5, 0.6) is 0 Å². The molecule has 53 heavy (non-hydrogen) atoms. The maximum absolute atomic E-state index is 6.44. The predicted octanol–water partition coefficient (Wildman–Crippen LogP) is 15.1. The van der Waals surface area contributed by atoms with Gasteiger partial charge in [0.05, 0.1) is 16.8 Å². The first kappa shape index (κ1) is 30.0. The smallest absolute Gasteiger partial charge is 0.137 e. The van der Waals surface area contributed by atoms with E-state index >= 15 is 0 Å². The molecule has 0 unspecified atom stereocenters. The molecule has 0 atom stereocenters. The molecule has 0 saturated heterocycles. The molecule has 2 nitrogen and oxygen atoms in total. The fourth-order valence-corrected chi connectivity index (χ4v) is 9.38. The van der Waals surface area contributed by atoms with Gasteiger partial charge in [0.1, 0.15) is 11.2 Å². The molecule has 2 aromatic heterocycles. The van der Waals surface area contributed by atoms with Crippen LogP contribution < -0.4 is 4.90 Å². The van der Waals surface area contributed by atoms with E-state index in [1.54, 1.807) is 0 Å². The summed E-state index contributed by atoms with van der Waals surface area (Å²) in [5.74, 6) is 0. The monoisotopic (exact) mass is 693 g/mol. The van der Waals surface area contributed by atoms with E-state index in [2.05, 4.69) is 187 Å². The summed E-state index contributed by atoms with van der Waals surface area (Å²) < 4.78 is 9.08. The molecule has 9 aromatic carbocycles. The van der Waals surface area contributed by atoms with Crippen LogP contribution in [0.4, 0.5) is 17.1 Å². The summed E-state index contributed by atoms with van der Waals surface area (Å²) in [4.78, 5) is 2.42. The molecule has 3 heteroatoms. The summed E-state index contributed by atoms with van der Waals surface area (Å²) in [5.41, 5.74) is 9.78. The Morgan fingerprint density at radius 1 is 0.377 bits per heavy atom. The Kier molecular flexibility index (Phi) is 6.76. The first-order valence-corrected chi connectivity index (χ1v) is 18.8. The molecule has 0 bridgehead atoms. The SMILES string of the molecule is c1ccc(N(c2ccc(-c3ccc4c(c3)sc3ccccc34)cc2)c2cccc3oc4ccccc4c23)c(-c2cc3ccccc3c3ccccc23)c1. The minimum absolute atomic E-state index is 0.871. The third kappa shape index (κ3) is 4.78. The number of anilines is 3. The normalized spacial score (nSPS) is 11.8. The zero-order valence-electron chi connectivity index (χ0n) is 28.7. The van der Waals surface area contributed by atoms with Crippen molar-refractivity contribution in [1.29, 1.82) is 0 Å². The van der Waals surface area contributed by atoms with Crippen molar-refractivity contribution in [2.75, 3.05) is 4.90 Å². The van der Waals surface area contributed by atoms with E-state index < -0.39 is 0 Å². The van der Waals surface area contributed by atoms with Crippen LogP contribution in [0.2, 0.25) is 0 Å². The fourth-order valence-electron chi connectivity index (χ4n) is 8.23. The molecule has 0 saturated carbocycles. The van der Waals surface area contributed by atoms with E-state index in [0.717, 1.165) is 39.0 Å². The summed E-state index contributed by atoms with van der Waals surface area (Å²) in [6.07, 6.45) is 0. The number of para-hydroxylation sites is 2. The molecule has 0 N–H and O–H groups in total. The van der Waals surface area contributed by atoms with Crippen LogP contribution in [0.25, 0.3) is 85.9 Å². The molecule has 0 aliphatic carbocycles. The number of fused-ring (bicyclic) bond motifs is 9. The van der Waals surface area contributed by atoms with Crippen LogP contribution in [0.15, 0.2) is 192 Å². The first-order chi connectivity index (χ1) is 26.3. The van der Waals surface area contributed by atoms with Crippen molar-refractivity contribution in [3.63, 3.8) is 0 Å². The average molecular weight is 694 g/mol. The first-order valence-electron chi connectivity index (χ1n) is 18.0. The molecule has 0 aliphatic heterocycles. The van der Waals surface area contributed by atoms with Crippen molar-refractivity contribution in [3.8, 4) is 22.3 Å². The Labute approximate surface area is 310 Å². The second kappa shape index (κ2) is 11.9. The fraction of sp³-hybridized carbons (Fsp3) is 0. The molecule has 11 rings (SSSR count). The van der Waals surface area contributed by atoms with Gasteiger partial charge in [-0.1, -0.05) is 133 Å². The van der Waals surface area contributed by atoms with Crippen LogP contribution in [0.3, 0.4) is 0 Å². The van der Waals surface area contributed by atoms with Crippen molar-refractivity contribution >= 4 is 92.1 Å². The second-order valence-electron chi connectivity index (χ2n) is 13.6. The maximum atomic E-state index is 6.44. The third-order valence-corrected chi connectivity index (χ3v) is 11.8. The van der Waals surface area contributed by atoms with Gasteiger partial charge < -0.3 is 9.32 Å². The Morgan fingerprint density at radius 3 is 1.91 bits per heavy atom. The minimum atomic E-state index is 0.871. The molecule has 2 heterocycles. The molecule has 11 aromatic rings. The summed E-state index contributed by atoms with van der Waals surface area (Å²) in [5, 5.41) is 9.82. The number of benzene rings is 9. The summed E-state index contributed by atoms with van der Waals surface area (Å²) in [6, 6.07) is 68.0. The summed E-state index contributed by atoms with van der Waals surface area (Å²) in [6.45, 7) is 0. The van der Waals surface area contributed by atoms with Gasteiger partial charge in [-0.2, -0.15) is 0 Å². The largest absolute Gasteiger partial charge is 0.456 e. The zero-order valence-corrected chi connectivity index (χ0v) is 29.5. The highest BCUT2D eigenvalue weighted by Crippen LogP contribution is 2.48. The average Bonchev–Trinajstić information content (AvgIpc) is 3.80. The minimum Gasteiger partial charge on any atom is -0.456 e. The number of furan rings is 1. The highest BCUT2D eigenvalue weighted by Gasteiger charge is 2.23. The van der Waals surface area contributed by atoms with Gasteiger partial charge in [-0.3, -0.25) is 0 Å². The number of thiophene rings is 1. The highest BCUT2D eigenvalue weighted by atomic mass is 32.1. The molecule has 0 spiro atoms. The van der Waals surface area contributed by atoms with Crippen molar-refractivity contribution < 1.29 is 4.42 Å². The lowest BCUT2D eigenvalue weighted by molar-refractivity contribution is 0.669. The van der Waals surface area contributed by atoms with E-state index in [0.29, 0.717) is 0 Å². The van der Waals surface area contributed by atoms with Crippen LogP contribution in [0.1, 0.15) is 0 Å². The second-order valence-corrected chi connectivity index (χ2v) is 14.7. The van der Waals surface area contributed by atoms with E-state index in [1.807, 2.05) is 17.4 Å². The van der Waals surface area contributed by atoms with Gasteiger partial charge in [-0.15, -0.1) is 11.3 Å². The quantitative estimate of drug-likeness (QED) is 0.167. The molecule has 248 valence electrons. The number of rotatable bonds is 5. The molecule has 0 amide bonds. The number of nitrogens with zero attached hydrogens (tertiary/aromatic N) is 1. The Bertz CT molecular complexity index is 3190. The van der Waals surface area contributed by atoms with Gasteiger partial charge in [-0.05, 0) is 92.8 Å². The van der Waals surface area contributed by atoms with Gasteiger partial charge >= 0.3 is 0 Å². The highest BCUT2D eigenvalue weighted by molar-refractivity contribution is 7.25. The topological polar surface area (TPSA) is 16.4 Å². The van der Waals surface area contributed by atoms with Crippen LogP contribution in [-0.4, -0.2) is 0 Å². The van der Waals surface area contributed by atoms with Gasteiger partial charge in [0.2, 0.25) is 0 Å². The van der Waals surface area contributed by atoms with E-state index in [9.17, 15) is 0 Å². The molecular formula is C50H31NOS. The molecule has 0 radical (unpaired) electrons. The van der Waals surface area contributed by atoms with E-state index in [4.69, 9.17) is 4.42 Å². The van der Waals surface area contributed by atoms with Crippen LogP contribution >= 0.6 is 11.3 Å². The van der Waals surface area contributed by atoms with Gasteiger partial charge in [0, 0.05) is 36.8 Å². The molecule has 0 fully saturated rings. The van der Waals surface area contributed by atoms with Crippen molar-refractivity contribution in [1.82, 2.24) is 0 Å². The van der Waals surface area contributed by atoms with Crippen molar-refractivity contribution in [2.24, 2.45) is 0 Å². The van der Waals surface area contributed by atoms with Crippen molar-refractivity contribution in [2.45, 2.75) is 0 Å². The lowest BCUT2D eigenvalue weighted by Gasteiger charge is -2.29. The van der Waals surface area contributed by atoms with E-state index in [1.165, 1.54) is 64.0 Å². The van der Waals surface area contributed by atoms with E-state index in [-0.39, 0.29) is 0 Å². The lowest BCUT2D eigenvalue weighted by Crippen LogP contribution is -2.11. The van der Waals surface area contributed by atoms with Crippen LogP contribution in [-0.2, 0) is 0 Å². The Balaban J connectivity index is 1.13. The third-order valence-electron chi connectivity index (χ3n) is 10.7. The zero-order chi connectivity index (χ0) is 34.9. The predicted molar refractivity (Wildman–Crippen MR) is 227 cm³/mol. The number of hydrogen-bond donors (Lipinski definition) is 0. The summed E-state index contributed by atoms with van der Waals surface area (Å²) in [7, 11) is 0.